The van der Waals surface area contributed by atoms with Gasteiger partial charge in [0.2, 0.25) is 0 Å². The molecule has 0 fully saturated rings. The van der Waals surface area contributed by atoms with Gasteiger partial charge in [-0.25, -0.2) is 9.97 Å². The van der Waals surface area contributed by atoms with E-state index in [0.717, 1.165) is 56.8 Å². The third-order valence-corrected chi connectivity index (χ3v) is 12.0. The van der Waals surface area contributed by atoms with Gasteiger partial charge < -0.3 is 4.57 Å². The van der Waals surface area contributed by atoms with E-state index in [9.17, 15) is 0 Å². The molecule has 3 aromatic heterocycles. The molecule has 5 aromatic carbocycles. The average Bonchev–Trinajstić information content (AvgIpc) is 3.62. The number of hydrogen-bond donors (Lipinski definition) is 0. The number of nitrogens with zero attached hydrogens (tertiary/aromatic N) is 4. The Kier molecular flexibility index (Phi) is 7.02. The van der Waals surface area contributed by atoms with Crippen LogP contribution in [0.3, 0.4) is 0 Å². The summed E-state index contributed by atoms with van der Waals surface area (Å²) < 4.78 is 2.35. The zero-order chi connectivity index (χ0) is 37.5. The molecule has 57 heavy (non-hydrogen) atoms. The van der Waals surface area contributed by atoms with E-state index in [0.29, 0.717) is 5.82 Å². The zero-order valence-corrected chi connectivity index (χ0v) is 31.0. The van der Waals surface area contributed by atoms with E-state index >= 15 is 0 Å². The maximum atomic E-state index is 5.35. The van der Waals surface area contributed by atoms with Crippen LogP contribution in [-0.4, -0.2) is 19.5 Å². The topological polar surface area (TPSA) is 43.6 Å². The van der Waals surface area contributed by atoms with Crippen LogP contribution in [0.25, 0.3) is 77.7 Å². The standard InChI is InChI=1S/C53H34N4/c1-2-11-41-33(8-1)30-31-54-52(41)38-18-20-39(21-19-38)53-55-46(34-22-26-40(27-23-34)57-48-14-5-3-12-43(48)44-13-4-6-15-49(44)57)32-47(56-53)42-28-24-37-17-16-35-9-7-10-36-25-29-45(42)51(37)50(35)36/h1-8,10-32,51H,9H2. The lowest BCUT2D eigenvalue weighted by Crippen LogP contribution is -2.22. The number of pyridine rings is 1. The fourth-order valence-electron chi connectivity index (χ4n) is 9.30. The van der Waals surface area contributed by atoms with Crippen LogP contribution in [0.2, 0.25) is 0 Å². The van der Waals surface area contributed by atoms with Crippen molar-refractivity contribution in [2.75, 3.05) is 0 Å². The van der Waals surface area contributed by atoms with E-state index in [1.807, 2.05) is 6.20 Å². The molecule has 0 N–H and O–H groups in total. The van der Waals surface area contributed by atoms with Gasteiger partial charge in [-0.15, -0.1) is 0 Å². The Hall–Kier alpha value is -7.43. The second-order valence-electron chi connectivity index (χ2n) is 15.1. The summed E-state index contributed by atoms with van der Waals surface area (Å²) in [5, 5.41) is 4.81. The largest absolute Gasteiger partial charge is 0.309 e. The number of aromatic nitrogens is 4. The molecule has 0 saturated heterocycles. The summed E-state index contributed by atoms with van der Waals surface area (Å²) in [6.45, 7) is 0. The van der Waals surface area contributed by atoms with Crippen molar-refractivity contribution < 1.29 is 0 Å². The molecule has 3 heterocycles. The lowest BCUT2D eigenvalue weighted by molar-refractivity contribution is 0.834. The lowest BCUT2D eigenvalue weighted by Gasteiger charge is -2.36. The summed E-state index contributed by atoms with van der Waals surface area (Å²) >= 11 is 0. The monoisotopic (exact) mass is 726 g/mol. The van der Waals surface area contributed by atoms with E-state index in [1.165, 1.54) is 55.1 Å². The highest BCUT2D eigenvalue weighted by molar-refractivity contribution is 6.09. The molecular formula is C53H34N4. The number of para-hydroxylation sites is 2. The van der Waals surface area contributed by atoms with Crippen molar-refractivity contribution in [3.63, 3.8) is 0 Å². The van der Waals surface area contributed by atoms with Crippen molar-refractivity contribution in [3.05, 3.63) is 222 Å². The summed E-state index contributed by atoms with van der Waals surface area (Å²) in [7, 11) is 0. The van der Waals surface area contributed by atoms with Gasteiger partial charge in [0, 0.05) is 56.2 Å². The van der Waals surface area contributed by atoms with Crippen LogP contribution >= 0.6 is 0 Å². The van der Waals surface area contributed by atoms with Gasteiger partial charge in [-0.3, -0.25) is 4.98 Å². The molecule has 266 valence electrons. The second kappa shape index (κ2) is 12.6. The number of rotatable bonds is 5. The quantitative estimate of drug-likeness (QED) is 0.177. The molecule has 1 atom stereocenters. The SMILES string of the molecule is C1=CC2=C3C(=CC=C4C=CC(c5cc(-c6ccc(-n7c8ccccc8c8ccccc87)cc6)nc(-c6ccc(-c7nccc8ccccc78)cc6)n5)=C(C=C2)C43)C1. The Bertz CT molecular complexity index is 3180. The second-order valence-corrected chi connectivity index (χ2v) is 15.1. The third-order valence-electron chi connectivity index (χ3n) is 12.0. The average molecular weight is 727 g/mol. The molecule has 0 saturated carbocycles. The van der Waals surface area contributed by atoms with Crippen molar-refractivity contribution in [2.45, 2.75) is 6.42 Å². The first kappa shape index (κ1) is 31.9. The minimum absolute atomic E-state index is 0.204. The van der Waals surface area contributed by atoms with Gasteiger partial charge in [0.05, 0.1) is 28.1 Å². The summed E-state index contributed by atoms with van der Waals surface area (Å²) in [6, 6.07) is 47.3. The van der Waals surface area contributed by atoms with Crippen molar-refractivity contribution in [2.24, 2.45) is 5.92 Å². The van der Waals surface area contributed by atoms with Crippen LogP contribution in [0, 0.1) is 5.92 Å². The van der Waals surface area contributed by atoms with Crippen molar-refractivity contribution in [1.29, 1.82) is 0 Å². The van der Waals surface area contributed by atoms with E-state index < -0.39 is 0 Å². The van der Waals surface area contributed by atoms with E-state index in [2.05, 4.69) is 187 Å². The maximum absolute atomic E-state index is 5.35. The molecule has 1 unspecified atom stereocenters. The van der Waals surface area contributed by atoms with Crippen LogP contribution < -0.4 is 0 Å². The fraction of sp³-hybridized carbons (Fsp3) is 0.0377. The minimum Gasteiger partial charge on any atom is -0.309 e. The number of fused-ring (bicyclic) bond motifs is 4. The molecule has 0 aliphatic heterocycles. The smallest absolute Gasteiger partial charge is 0.160 e. The van der Waals surface area contributed by atoms with Crippen LogP contribution in [0.1, 0.15) is 12.1 Å². The first-order chi connectivity index (χ1) is 28.2. The van der Waals surface area contributed by atoms with Crippen LogP contribution in [0.15, 0.2) is 216 Å². The summed E-state index contributed by atoms with van der Waals surface area (Å²) in [5.74, 6) is 0.897. The molecule has 4 aliphatic rings. The highest BCUT2D eigenvalue weighted by atomic mass is 15.0. The van der Waals surface area contributed by atoms with Gasteiger partial charge >= 0.3 is 0 Å². The van der Waals surface area contributed by atoms with E-state index in [-0.39, 0.29) is 5.92 Å². The zero-order valence-electron chi connectivity index (χ0n) is 31.0. The van der Waals surface area contributed by atoms with Crippen molar-refractivity contribution >= 4 is 38.2 Å². The van der Waals surface area contributed by atoms with Crippen molar-refractivity contribution in [1.82, 2.24) is 19.5 Å². The maximum Gasteiger partial charge on any atom is 0.160 e. The van der Waals surface area contributed by atoms with Crippen LogP contribution in [0.5, 0.6) is 0 Å². The van der Waals surface area contributed by atoms with Crippen molar-refractivity contribution in [3.8, 4) is 39.6 Å². The summed E-state index contributed by atoms with van der Waals surface area (Å²) in [5.41, 5.74) is 17.2. The molecule has 8 aromatic rings. The molecule has 0 radical (unpaired) electrons. The number of hydrogen-bond acceptors (Lipinski definition) is 3. The van der Waals surface area contributed by atoms with Gasteiger partial charge in [-0.05, 0) is 76.1 Å². The predicted octanol–water partition coefficient (Wildman–Crippen LogP) is 12.8. The normalized spacial score (nSPS) is 16.7. The van der Waals surface area contributed by atoms with Gasteiger partial charge in [-0.1, -0.05) is 146 Å². The Morgan fingerprint density at radius 1 is 0.561 bits per heavy atom. The predicted molar refractivity (Wildman–Crippen MR) is 234 cm³/mol. The van der Waals surface area contributed by atoms with Crippen LogP contribution in [0.4, 0.5) is 0 Å². The molecule has 0 amide bonds. The highest BCUT2D eigenvalue weighted by Gasteiger charge is 2.34. The minimum atomic E-state index is 0.204. The number of allylic oxidation sites excluding steroid dienone is 14. The molecule has 4 aliphatic carbocycles. The molecule has 4 nitrogen and oxygen atoms in total. The lowest BCUT2D eigenvalue weighted by atomic mass is 9.67. The Balaban J connectivity index is 0.998. The van der Waals surface area contributed by atoms with Gasteiger partial charge in [0.25, 0.3) is 0 Å². The van der Waals surface area contributed by atoms with Gasteiger partial charge in [-0.2, -0.15) is 0 Å². The van der Waals surface area contributed by atoms with E-state index in [4.69, 9.17) is 15.0 Å². The molecular weight excluding hydrogens is 693 g/mol. The highest BCUT2D eigenvalue weighted by Crippen LogP contribution is 2.49. The Morgan fingerprint density at radius 2 is 1.26 bits per heavy atom. The number of benzene rings is 5. The molecule has 0 bridgehead atoms. The summed E-state index contributed by atoms with van der Waals surface area (Å²) in [4.78, 5) is 15.4. The van der Waals surface area contributed by atoms with Crippen LogP contribution in [-0.2, 0) is 0 Å². The Morgan fingerprint density at radius 3 is 2.07 bits per heavy atom. The summed E-state index contributed by atoms with van der Waals surface area (Å²) in [6.07, 6.45) is 21.1. The molecule has 0 spiro atoms. The Labute approximate surface area is 330 Å². The fourth-order valence-corrected chi connectivity index (χ4v) is 9.30. The van der Waals surface area contributed by atoms with E-state index in [1.54, 1.807) is 0 Å². The first-order valence-electron chi connectivity index (χ1n) is 19.6. The third kappa shape index (κ3) is 5.04. The molecule has 4 heteroatoms. The first-order valence-corrected chi connectivity index (χ1v) is 19.6. The van der Waals surface area contributed by atoms with Gasteiger partial charge in [0.15, 0.2) is 5.82 Å². The van der Waals surface area contributed by atoms with Gasteiger partial charge in [0.1, 0.15) is 0 Å². The molecule has 12 rings (SSSR count).